The van der Waals surface area contributed by atoms with Gasteiger partial charge in [-0.25, -0.2) is 28.8 Å². The van der Waals surface area contributed by atoms with E-state index in [2.05, 4.69) is 30.0 Å². The number of hydrogen-bond acceptors (Lipinski definition) is 12. The molecule has 0 N–H and O–H groups in total. The highest BCUT2D eigenvalue weighted by molar-refractivity contribution is 5.66. The Morgan fingerprint density at radius 3 is 1.31 bits per heavy atom. The van der Waals surface area contributed by atoms with Crippen LogP contribution in [0.5, 0.6) is 0 Å². The number of rotatable bonds is 10. The largest absolute Gasteiger partial charge is 0.240 e. The van der Waals surface area contributed by atoms with Crippen LogP contribution in [0.25, 0.3) is 0 Å². The summed E-state index contributed by atoms with van der Waals surface area (Å²) in [7, 11) is 0. The summed E-state index contributed by atoms with van der Waals surface area (Å²) < 4.78 is 0. The van der Waals surface area contributed by atoms with Gasteiger partial charge in [-0.1, -0.05) is 36.4 Å². The molecule has 4 aromatic carbocycles. The SMILES string of the molecule is Cc1cc(Cc2ccc(N=C=O)cc2)c(N=C=O)cc1N=C=O.O=C=Nc1ccc(Cc2ccc(N=C=O)cc2N=C=O)cc1. The fourth-order valence-electron chi connectivity index (χ4n) is 4.11. The molecule has 4 rings (SSSR count). The van der Waals surface area contributed by atoms with Gasteiger partial charge in [0.15, 0.2) is 0 Å². The average molecular weight is 597 g/mol. The van der Waals surface area contributed by atoms with E-state index < -0.39 is 0 Å². The second-order valence-electron chi connectivity index (χ2n) is 8.99. The van der Waals surface area contributed by atoms with Crippen LogP contribution in [-0.4, -0.2) is 36.5 Å². The minimum Gasteiger partial charge on any atom is -0.211 e. The van der Waals surface area contributed by atoms with E-state index in [4.69, 9.17) is 0 Å². The Labute approximate surface area is 255 Å². The van der Waals surface area contributed by atoms with Gasteiger partial charge in [0.05, 0.1) is 34.1 Å². The number of nitrogens with zero attached hydrogens (tertiary/aromatic N) is 6. The molecule has 0 saturated heterocycles. The highest BCUT2D eigenvalue weighted by atomic mass is 16.1. The molecule has 0 spiro atoms. The van der Waals surface area contributed by atoms with Crippen molar-refractivity contribution in [1.82, 2.24) is 0 Å². The molecular weight excluding hydrogens is 576 g/mol. The molecule has 0 heterocycles. The third-order valence-corrected chi connectivity index (χ3v) is 6.15. The van der Waals surface area contributed by atoms with E-state index in [9.17, 15) is 28.8 Å². The lowest BCUT2D eigenvalue weighted by Crippen LogP contribution is -1.90. The first-order chi connectivity index (χ1) is 21.9. The summed E-state index contributed by atoms with van der Waals surface area (Å²) in [6, 6.07) is 22.2. The van der Waals surface area contributed by atoms with Crippen molar-refractivity contribution in [3.8, 4) is 0 Å². The normalized spacial score (nSPS) is 9.18. The van der Waals surface area contributed by atoms with E-state index >= 15 is 0 Å². The van der Waals surface area contributed by atoms with Gasteiger partial charge in [-0.05, 0) is 90.0 Å². The van der Waals surface area contributed by atoms with Crippen LogP contribution in [0, 0.1) is 6.92 Å². The summed E-state index contributed by atoms with van der Waals surface area (Å²) in [6.45, 7) is 1.80. The van der Waals surface area contributed by atoms with Gasteiger partial charge in [-0.15, -0.1) is 0 Å². The highest BCUT2D eigenvalue weighted by Crippen LogP contribution is 2.31. The zero-order valence-electron chi connectivity index (χ0n) is 23.6. The Morgan fingerprint density at radius 2 is 0.822 bits per heavy atom. The molecule has 0 aliphatic heterocycles. The first-order valence-electron chi connectivity index (χ1n) is 12.9. The first kappa shape index (κ1) is 32.7. The van der Waals surface area contributed by atoms with Crippen molar-refractivity contribution < 1.29 is 28.8 Å². The average Bonchev–Trinajstić information content (AvgIpc) is 3.03. The van der Waals surface area contributed by atoms with Crippen molar-refractivity contribution in [1.29, 1.82) is 0 Å². The molecule has 45 heavy (non-hydrogen) atoms. The molecule has 0 radical (unpaired) electrons. The number of carbonyl (C=O) groups excluding carboxylic acids is 6. The Balaban J connectivity index is 0.000000246. The summed E-state index contributed by atoms with van der Waals surface area (Å²) in [5, 5.41) is 0. The molecule has 0 aliphatic carbocycles. The Morgan fingerprint density at radius 1 is 0.422 bits per heavy atom. The number of isocyanates is 6. The monoisotopic (exact) mass is 596 g/mol. The molecule has 12 heteroatoms. The standard InChI is InChI=1S/C17H11N3O3.C16H9N3O3/c1-12-6-14(17(20-11-23)8-16(12)19-10-22)7-13-2-4-15(5-3-13)18-9-21;20-9-17-14-4-1-12(2-5-14)7-13-3-6-15(18-10-21)8-16(13)19-11-22/h2-6,8H,7H2,1H3;1-6,8H,7H2. The molecule has 0 fully saturated rings. The van der Waals surface area contributed by atoms with E-state index in [-0.39, 0.29) is 0 Å². The third kappa shape index (κ3) is 9.89. The van der Waals surface area contributed by atoms with Gasteiger partial charge >= 0.3 is 0 Å². The van der Waals surface area contributed by atoms with E-state index in [1.807, 2.05) is 30.3 Å². The van der Waals surface area contributed by atoms with Gasteiger partial charge in [0, 0.05) is 0 Å². The Bertz CT molecular complexity index is 1980. The van der Waals surface area contributed by atoms with Crippen molar-refractivity contribution >= 4 is 70.6 Å². The van der Waals surface area contributed by atoms with Crippen molar-refractivity contribution in [2.45, 2.75) is 19.8 Å². The van der Waals surface area contributed by atoms with Crippen LogP contribution in [0.4, 0.5) is 34.1 Å². The van der Waals surface area contributed by atoms with Crippen LogP contribution < -0.4 is 0 Å². The maximum Gasteiger partial charge on any atom is 0.240 e. The summed E-state index contributed by atoms with van der Waals surface area (Å²) in [4.78, 5) is 83.6. The van der Waals surface area contributed by atoms with Crippen molar-refractivity contribution in [3.05, 3.63) is 107 Å². The molecular formula is C33H20N6O6. The van der Waals surface area contributed by atoms with Gasteiger partial charge in [0.25, 0.3) is 0 Å². The van der Waals surface area contributed by atoms with Crippen LogP contribution in [0.3, 0.4) is 0 Å². The molecule has 0 unspecified atom stereocenters. The molecule has 218 valence electrons. The highest BCUT2D eigenvalue weighted by Gasteiger charge is 2.09. The molecule has 0 amide bonds. The van der Waals surface area contributed by atoms with Gasteiger partial charge in [-0.3, -0.25) is 0 Å². The fraction of sp³-hybridized carbons (Fsp3) is 0.0909. The lowest BCUT2D eigenvalue weighted by Gasteiger charge is -2.08. The van der Waals surface area contributed by atoms with Crippen LogP contribution in [0.2, 0.25) is 0 Å². The van der Waals surface area contributed by atoms with Crippen LogP contribution in [0.15, 0.2) is 109 Å². The molecule has 0 aliphatic rings. The van der Waals surface area contributed by atoms with Crippen LogP contribution in [0.1, 0.15) is 27.8 Å². The van der Waals surface area contributed by atoms with E-state index in [0.717, 1.165) is 27.8 Å². The van der Waals surface area contributed by atoms with Gasteiger partial charge < -0.3 is 0 Å². The maximum atomic E-state index is 10.6. The lowest BCUT2D eigenvalue weighted by atomic mass is 10.00. The molecule has 0 bridgehead atoms. The van der Waals surface area contributed by atoms with Crippen molar-refractivity contribution in [3.63, 3.8) is 0 Å². The summed E-state index contributed by atoms with van der Waals surface area (Å²) in [6.07, 6.45) is 9.87. The van der Waals surface area contributed by atoms with E-state index in [1.54, 1.807) is 49.4 Å². The fourth-order valence-corrected chi connectivity index (χ4v) is 4.11. The summed E-state index contributed by atoms with van der Waals surface area (Å²) in [5.74, 6) is 0. The summed E-state index contributed by atoms with van der Waals surface area (Å²) in [5.41, 5.74) is 6.83. The van der Waals surface area contributed by atoms with Gasteiger partial charge in [-0.2, -0.15) is 30.0 Å². The first-order valence-corrected chi connectivity index (χ1v) is 12.9. The van der Waals surface area contributed by atoms with Crippen LogP contribution >= 0.6 is 0 Å². The number of aliphatic imine (C=N–C) groups is 6. The third-order valence-electron chi connectivity index (χ3n) is 6.15. The zero-order valence-corrected chi connectivity index (χ0v) is 23.6. The maximum absolute atomic E-state index is 10.6. The lowest BCUT2D eigenvalue weighted by molar-refractivity contribution is 0.564. The number of aryl methyl sites for hydroxylation is 1. The topological polar surface area (TPSA) is 177 Å². The molecule has 0 saturated carbocycles. The second kappa shape index (κ2) is 17.2. The molecule has 4 aromatic rings. The molecule has 0 atom stereocenters. The summed E-state index contributed by atoms with van der Waals surface area (Å²) >= 11 is 0. The second-order valence-corrected chi connectivity index (χ2v) is 8.99. The Kier molecular flexibility index (Phi) is 12.5. The van der Waals surface area contributed by atoms with Gasteiger partial charge in [0.1, 0.15) is 0 Å². The predicted octanol–water partition coefficient (Wildman–Crippen LogP) is 6.67. The zero-order chi connectivity index (χ0) is 32.4. The minimum absolute atomic E-state index is 0.364. The van der Waals surface area contributed by atoms with Crippen LogP contribution in [-0.2, 0) is 41.6 Å². The van der Waals surface area contributed by atoms with E-state index in [1.165, 1.54) is 42.5 Å². The molecule has 0 aromatic heterocycles. The van der Waals surface area contributed by atoms with E-state index in [0.29, 0.717) is 47.0 Å². The van der Waals surface area contributed by atoms with Gasteiger partial charge in [0.2, 0.25) is 36.5 Å². The molecule has 12 nitrogen and oxygen atoms in total. The van der Waals surface area contributed by atoms with Crippen molar-refractivity contribution in [2.24, 2.45) is 30.0 Å². The Hall–Kier alpha value is -6.84. The minimum atomic E-state index is 0.364. The van der Waals surface area contributed by atoms with Crippen molar-refractivity contribution in [2.75, 3.05) is 0 Å². The number of hydrogen-bond donors (Lipinski definition) is 0. The quantitative estimate of drug-likeness (QED) is 0.146. The predicted molar refractivity (Wildman–Crippen MR) is 163 cm³/mol. The number of benzene rings is 4. The smallest absolute Gasteiger partial charge is 0.211 e.